The Hall–Kier alpha value is -2.09. The minimum atomic E-state index is -2.94. The summed E-state index contributed by atoms with van der Waals surface area (Å²) in [5.74, 6) is 0.781. The van der Waals surface area contributed by atoms with Crippen LogP contribution in [0.4, 0.5) is 8.78 Å². The van der Waals surface area contributed by atoms with Gasteiger partial charge in [0.1, 0.15) is 10.9 Å². The van der Waals surface area contributed by atoms with Gasteiger partial charge >= 0.3 is 6.61 Å². The molecular formula is C19H20F2N2O3S. The zero-order valence-electron chi connectivity index (χ0n) is 14.8. The Labute approximate surface area is 159 Å². The van der Waals surface area contributed by atoms with Gasteiger partial charge in [-0.05, 0) is 31.0 Å². The highest BCUT2D eigenvalue weighted by atomic mass is 32.2. The van der Waals surface area contributed by atoms with Crippen molar-refractivity contribution in [3.05, 3.63) is 34.1 Å². The lowest BCUT2D eigenvalue weighted by Crippen LogP contribution is -2.19. The fourth-order valence-corrected chi connectivity index (χ4v) is 5.43. The molecule has 0 radical (unpaired) electrons. The predicted molar refractivity (Wildman–Crippen MR) is 98.9 cm³/mol. The number of aromatic amines is 1. The number of thioether (sulfide) groups is 1. The third-order valence-electron chi connectivity index (χ3n) is 5.16. The van der Waals surface area contributed by atoms with E-state index in [0.29, 0.717) is 16.6 Å². The third-order valence-corrected chi connectivity index (χ3v) is 6.56. The largest absolute Gasteiger partial charge is 0.493 e. The zero-order chi connectivity index (χ0) is 19.0. The Balaban J connectivity index is 1.70. The van der Waals surface area contributed by atoms with E-state index in [4.69, 9.17) is 4.74 Å². The SMILES string of the molecule is COc1cc(-c2nc3c(c(=O)[nH]2)C2CCCCCC2S3)ccc1OC(F)F. The molecule has 1 aliphatic heterocycles. The summed E-state index contributed by atoms with van der Waals surface area (Å²) in [6.45, 7) is -2.94. The Kier molecular flexibility index (Phi) is 5.08. The number of rotatable bonds is 4. The van der Waals surface area contributed by atoms with Crippen LogP contribution in [0.5, 0.6) is 11.5 Å². The number of nitrogens with one attached hydrogen (secondary N) is 1. The van der Waals surface area contributed by atoms with E-state index in [1.165, 1.54) is 26.0 Å². The maximum Gasteiger partial charge on any atom is 0.387 e. The number of benzene rings is 1. The number of methoxy groups -OCH3 is 1. The van der Waals surface area contributed by atoms with Gasteiger partial charge < -0.3 is 14.5 Å². The number of hydrogen-bond acceptors (Lipinski definition) is 5. The van der Waals surface area contributed by atoms with Crippen molar-refractivity contribution in [1.29, 1.82) is 0 Å². The molecule has 1 aromatic carbocycles. The van der Waals surface area contributed by atoms with Crippen LogP contribution >= 0.6 is 11.8 Å². The quantitative estimate of drug-likeness (QED) is 0.770. The molecule has 1 aromatic heterocycles. The maximum atomic E-state index is 12.8. The van der Waals surface area contributed by atoms with Crippen molar-refractivity contribution in [1.82, 2.24) is 9.97 Å². The average Bonchev–Trinajstić information content (AvgIpc) is 2.83. The molecule has 2 atom stereocenters. The van der Waals surface area contributed by atoms with E-state index < -0.39 is 6.61 Å². The molecule has 4 rings (SSSR count). The van der Waals surface area contributed by atoms with Gasteiger partial charge in [0.2, 0.25) is 0 Å². The molecular weight excluding hydrogens is 374 g/mol. The first-order chi connectivity index (χ1) is 13.1. The standard InChI is InChI=1S/C19H20F2N2O3S/c1-25-13-9-10(7-8-12(13)26-19(20)21)16-22-17(24)15-11-5-3-2-4-6-14(11)27-18(15)23-16/h7-9,11,14,19H,2-6H2,1H3,(H,22,23,24). The summed E-state index contributed by atoms with van der Waals surface area (Å²) in [4.78, 5) is 20.3. The summed E-state index contributed by atoms with van der Waals surface area (Å²) in [6.07, 6.45) is 5.69. The molecule has 2 heterocycles. The van der Waals surface area contributed by atoms with Crippen LogP contribution in [0.1, 0.15) is 43.6 Å². The molecule has 0 bridgehead atoms. The number of ether oxygens (including phenoxy) is 2. The Morgan fingerprint density at radius 3 is 2.81 bits per heavy atom. The molecule has 1 aliphatic carbocycles. The van der Waals surface area contributed by atoms with Crippen molar-refractivity contribution < 1.29 is 18.3 Å². The van der Waals surface area contributed by atoms with Crippen molar-refractivity contribution in [2.75, 3.05) is 7.11 Å². The van der Waals surface area contributed by atoms with Crippen molar-refractivity contribution in [2.24, 2.45) is 0 Å². The smallest absolute Gasteiger partial charge is 0.387 e. The second kappa shape index (κ2) is 7.50. The summed E-state index contributed by atoms with van der Waals surface area (Å²) >= 11 is 1.69. The zero-order valence-corrected chi connectivity index (χ0v) is 15.7. The van der Waals surface area contributed by atoms with Crippen molar-refractivity contribution in [3.8, 4) is 22.9 Å². The van der Waals surface area contributed by atoms with Crippen molar-refractivity contribution >= 4 is 11.8 Å². The number of hydrogen-bond donors (Lipinski definition) is 1. The van der Waals surface area contributed by atoms with Crippen LogP contribution in [0.3, 0.4) is 0 Å². The van der Waals surface area contributed by atoms with Crippen molar-refractivity contribution in [2.45, 2.75) is 54.9 Å². The third kappa shape index (κ3) is 3.54. The van der Waals surface area contributed by atoms with Crippen LogP contribution in [0, 0.1) is 0 Å². The van der Waals surface area contributed by atoms with E-state index in [9.17, 15) is 13.6 Å². The summed E-state index contributed by atoms with van der Waals surface area (Å²) in [7, 11) is 1.37. The van der Waals surface area contributed by atoms with E-state index in [-0.39, 0.29) is 23.0 Å². The number of aromatic nitrogens is 2. The normalized spacial score (nSPS) is 21.5. The van der Waals surface area contributed by atoms with Gasteiger partial charge in [-0.3, -0.25) is 4.79 Å². The molecule has 1 N–H and O–H groups in total. The van der Waals surface area contributed by atoms with Crippen LogP contribution < -0.4 is 15.0 Å². The number of nitrogens with zero attached hydrogens (tertiary/aromatic N) is 1. The Morgan fingerprint density at radius 2 is 2.04 bits per heavy atom. The van der Waals surface area contributed by atoms with Crippen LogP contribution in [0.25, 0.3) is 11.4 Å². The number of H-pyrrole nitrogens is 1. The minimum absolute atomic E-state index is 0.0589. The molecule has 144 valence electrons. The molecule has 27 heavy (non-hydrogen) atoms. The van der Waals surface area contributed by atoms with E-state index in [2.05, 4.69) is 14.7 Å². The van der Waals surface area contributed by atoms with Gasteiger partial charge in [0.25, 0.3) is 5.56 Å². The molecule has 0 saturated heterocycles. The molecule has 8 heteroatoms. The highest BCUT2D eigenvalue weighted by Gasteiger charge is 2.37. The Bertz CT molecular complexity index is 903. The topological polar surface area (TPSA) is 64.2 Å². The van der Waals surface area contributed by atoms with Gasteiger partial charge in [0, 0.05) is 16.7 Å². The summed E-state index contributed by atoms with van der Waals surface area (Å²) in [5.41, 5.74) is 1.28. The van der Waals surface area contributed by atoms with E-state index >= 15 is 0 Å². The highest BCUT2D eigenvalue weighted by Crippen LogP contribution is 2.49. The van der Waals surface area contributed by atoms with Gasteiger partial charge in [-0.2, -0.15) is 8.78 Å². The second-order valence-electron chi connectivity index (χ2n) is 6.78. The van der Waals surface area contributed by atoms with Gasteiger partial charge in [-0.15, -0.1) is 11.8 Å². The number of halogens is 2. The lowest BCUT2D eigenvalue weighted by Gasteiger charge is -2.14. The Morgan fingerprint density at radius 1 is 1.22 bits per heavy atom. The molecule has 1 fully saturated rings. The van der Waals surface area contributed by atoms with Crippen LogP contribution in [-0.4, -0.2) is 28.9 Å². The van der Waals surface area contributed by atoms with Gasteiger partial charge in [0.05, 0.1) is 12.7 Å². The lowest BCUT2D eigenvalue weighted by molar-refractivity contribution is -0.0512. The highest BCUT2D eigenvalue weighted by molar-refractivity contribution is 8.00. The van der Waals surface area contributed by atoms with E-state index in [1.54, 1.807) is 23.9 Å². The summed E-state index contributed by atoms with van der Waals surface area (Å²) in [5, 5.41) is 1.21. The molecule has 0 amide bonds. The fraction of sp³-hybridized carbons (Fsp3) is 0.474. The molecule has 1 saturated carbocycles. The number of fused-ring (bicyclic) bond motifs is 3. The van der Waals surface area contributed by atoms with Gasteiger partial charge in [-0.25, -0.2) is 4.98 Å². The molecule has 2 unspecified atom stereocenters. The summed E-state index contributed by atoms with van der Waals surface area (Å²) in [6, 6.07) is 4.52. The maximum absolute atomic E-state index is 12.8. The molecule has 0 spiro atoms. The lowest BCUT2D eigenvalue weighted by atomic mass is 9.93. The molecule has 5 nitrogen and oxygen atoms in total. The molecule has 2 aliphatic rings. The first-order valence-corrected chi connectivity index (χ1v) is 9.89. The molecule has 2 aromatic rings. The predicted octanol–water partition coefficient (Wildman–Crippen LogP) is 4.57. The first-order valence-electron chi connectivity index (χ1n) is 9.01. The van der Waals surface area contributed by atoms with E-state index in [0.717, 1.165) is 29.9 Å². The van der Waals surface area contributed by atoms with E-state index in [1.807, 2.05) is 0 Å². The first kappa shape index (κ1) is 18.3. The van der Waals surface area contributed by atoms with Gasteiger partial charge in [-0.1, -0.05) is 19.3 Å². The van der Waals surface area contributed by atoms with Crippen LogP contribution in [-0.2, 0) is 0 Å². The minimum Gasteiger partial charge on any atom is -0.493 e. The average molecular weight is 394 g/mol. The van der Waals surface area contributed by atoms with Crippen molar-refractivity contribution in [3.63, 3.8) is 0 Å². The van der Waals surface area contributed by atoms with Crippen LogP contribution in [0.2, 0.25) is 0 Å². The fourth-order valence-electron chi connectivity index (χ4n) is 3.91. The summed E-state index contributed by atoms with van der Waals surface area (Å²) < 4.78 is 34.6. The van der Waals surface area contributed by atoms with Gasteiger partial charge in [0.15, 0.2) is 11.5 Å². The number of alkyl halides is 2. The monoisotopic (exact) mass is 394 g/mol. The second-order valence-corrected chi connectivity index (χ2v) is 8.01. The van der Waals surface area contributed by atoms with Crippen LogP contribution in [0.15, 0.2) is 28.0 Å².